The second-order valence-corrected chi connectivity index (χ2v) is 4.98. The van der Waals surface area contributed by atoms with Crippen LogP contribution in [0.25, 0.3) is 0 Å². The van der Waals surface area contributed by atoms with Crippen molar-refractivity contribution in [2.45, 2.75) is 18.9 Å². The molecule has 2 rings (SSSR count). The van der Waals surface area contributed by atoms with Crippen molar-refractivity contribution in [3.05, 3.63) is 66.0 Å². The predicted octanol–water partition coefficient (Wildman–Crippen LogP) is 2.75. The summed E-state index contributed by atoms with van der Waals surface area (Å²) in [7, 11) is 1.54. The highest BCUT2D eigenvalue weighted by molar-refractivity contribution is 5.96. The van der Waals surface area contributed by atoms with Gasteiger partial charge in [-0.05, 0) is 30.5 Å². The normalized spacial score (nSPS) is 12.0. The van der Waals surface area contributed by atoms with Crippen molar-refractivity contribution in [2.24, 2.45) is 5.73 Å². The fourth-order valence-electron chi connectivity index (χ4n) is 2.18. The number of hydrogen-bond acceptors (Lipinski definition) is 2. The number of amides is 1. The second kappa shape index (κ2) is 6.99. The molecule has 21 heavy (non-hydrogen) atoms. The Morgan fingerprint density at radius 2 is 1.76 bits per heavy atom. The smallest absolute Gasteiger partial charge is 0.243 e. The van der Waals surface area contributed by atoms with Crippen LogP contribution in [0.5, 0.6) is 0 Å². The van der Waals surface area contributed by atoms with Crippen LogP contribution in [0, 0.1) is 5.82 Å². The molecule has 4 heteroatoms. The number of aryl methyl sites for hydroxylation is 1. The molecular weight excluding hydrogens is 267 g/mol. The number of anilines is 1. The number of benzene rings is 2. The van der Waals surface area contributed by atoms with Crippen molar-refractivity contribution in [1.29, 1.82) is 0 Å². The standard InChI is InChI=1S/C17H19FN2O/c1-20(16-10-6-5-9-14(16)18)17(21)15(19)12-11-13-7-3-2-4-8-13/h2-10,15H,11-12,19H2,1H3. The van der Waals surface area contributed by atoms with Gasteiger partial charge in [0.05, 0.1) is 11.7 Å². The minimum absolute atomic E-state index is 0.248. The van der Waals surface area contributed by atoms with Gasteiger partial charge in [0.2, 0.25) is 5.91 Å². The molecule has 0 bridgehead atoms. The molecule has 2 aromatic rings. The Labute approximate surface area is 124 Å². The minimum atomic E-state index is -0.644. The molecule has 0 saturated heterocycles. The van der Waals surface area contributed by atoms with Crippen molar-refractivity contribution in [3.8, 4) is 0 Å². The van der Waals surface area contributed by atoms with Gasteiger partial charge in [-0.25, -0.2) is 4.39 Å². The average molecular weight is 286 g/mol. The van der Waals surface area contributed by atoms with Crippen molar-refractivity contribution in [1.82, 2.24) is 0 Å². The predicted molar refractivity (Wildman–Crippen MR) is 82.5 cm³/mol. The Morgan fingerprint density at radius 1 is 1.14 bits per heavy atom. The third-order valence-electron chi connectivity index (χ3n) is 3.45. The quantitative estimate of drug-likeness (QED) is 0.918. The topological polar surface area (TPSA) is 46.3 Å². The minimum Gasteiger partial charge on any atom is -0.320 e. The van der Waals surface area contributed by atoms with Gasteiger partial charge < -0.3 is 10.6 Å². The molecule has 2 aromatic carbocycles. The lowest BCUT2D eigenvalue weighted by atomic mass is 10.0. The molecule has 2 N–H and O–H groups in total. The summed E-state index contributed by atoms with van der Waals surface area (Å²) in [5.41, 5.74) is 7.32. The maximum Gasteiger partial charge on any atom is 0.243 e. The van der Waals surface area contributed by atoms with Crippen molar-refractivity contribution in [3.63, 3.8) is 0 Å². The van der Waals surface area contributed by atoms with E-state index in [1.165, 1.54) is 11.0 Å². The van der Waals surface area contributed by atoms with Crippen LogP contribution in [0.2, 0.25) is 0 Å². The van der Waals surface area contributed by atoms with Crippen molar-refractivity contribution >= 4 is 11.6 Å². The molecule has 0 aliphatic rings. The lowest BCUT2D eigenvalue weighted by Gasteiger charge is -2.21. The molecule has 0 aliphatic heterocycles. The molecule has 0 heterocycles. The van der Waals surface area contributed by atoms with E-state index in [1.807, 2.05) is 30.3 Å². The van der Waals surface area contributed by atoms with E-state index in [0.29, 0.717) is 6.42 Å². The summed E-state index contributed by atoms with van der Waals surface area (Å²) in [6, 6.07) is 15.4. The van der Waals surface area contributed by atoms with Gasteiger partial charge in [-0.2, -0.15) is 0 Å². The first-order valence-electron chi connectivity index (χ1n) is 6.91. The zero-order chi connectivity index (χ0) is 15.2. The molecule has 3 nitrogen and oxygen atoms in total. The fraction of sp³-hybridized carbons (Fsp3) is 0.235. The van der Waals surface area contributed by atoms with Crippen LogP contribution in [0.1, 0.15) is 12.0 Å². The number of likely N-dealkylation sites (N-methyl/N-ethyl adjacent to an activating group) is 1. The van der Waals surface area contributed by atoms with Crippen LogP contribution in [0.4, 0.5) is 10.1 Å². The second-order valence-electron chi connectivity index (χ2n) is 4.98. The number of nitrogens with zero attached hydrogens (tertiary/aromatic N) is 1. The summed E-state index contributed by atoms with van der Waals surface area (Å²) in [6.45, 7) is 0. The molecule has 1 amide bonds. The summed E-state index contributed by atoms with van der Waals surface area (Å²) in [4.78, 5) is 13.5. The summed E-state index contributed by atoms with van der Waals surface area (Å²) >= 11 is 0. The number of rotatable bonds is 5. The highest BCUT2D eigenvalue weighted by Crippen LogP contribution is 2.18. The number of hydrogen-bond donors (Lipinski definition) is 1. The van der Waals surface area contributed by atoms with Gasteiger partial charge in [0, 0.05) is 7.05 Å². The van der Waals surface area contributed by atoms with Gasteiger partial charge >= 0.3 is 0 Å². The zero-order valence-electron chi connectivity index (χ0n) is 12.0. The van der Waals surface area contributed by atoms with Crippen LogP contribution >= 0.6 is 0 Å². The third kappa shape index (κ3) is 3.89. The molecule has 1 unspecified atom stereocenters. The largest absolute Gasteiger partial charge is 0.320 e. The third-order valence-corrected chi connectivity index (χ3v) is 3.45. The molecule has 0 aromatic heterocycles. The Balaban J connectivity index is 1.97. The van der Waals surface area contributed by atoms with Gasteiger partial charge in [0.15, 0.2) is 0 Å². The number of carbonyl (C=O) groups is 1. The lowest BCUT2D eigenvalue weighted by Crippen LogP contribution is -2.42. The molecule has 1 atom stereocenters. The van der Waals surface area contributed by atoms with Crippen LogP contribution in [-0.2, 0) is 11.2 Å². The Hall–Kier alpha value is -2.20. The van der Waals surface area contributed by atoms with E-state index < -0.39 is 11.9 Å². The summed E-state index contributed by atoms with van der Waals surface area (Å²) in [5, 5.41) is 0. The van der Waals surface area contributed by atoms with Crippen LogP contribution in [-0.4, -0.2) is 19.0 Å². The molecule has 110 valence electrons. The first-order chi connectivity index (χ1) is 10.1. The number of carbonyl (C=O) groups excluding carboxylic acids is 1. The van der Waals surface area contributed by atoms with E-state index in [2.05, 4.69) is 0 Å². The Kier molecular flexibility index (Phi) is 5.06. The molecule has 0 spiro atoms. The maximum absolute atomic E-state index is 13.7. The highest BCUT2D eigenvalue weighted by atomic mass is 19.1. The van der Waals surface area contributed by atoms with E-state index in [0.717, 1.165) is 12.0 Å². The lowest BCUT2D eigenvalue weighted by molar-refractivity contribution is -0.119. The summed E-state index contributed by atoms with van der Waals surface area (Å²) < 4.78 is 13.7. The van der Waals surface area contributed by atoms with E-state index in [9.17, 15) is 9.18 Å². The fourth-order valence-corrected chi connectivity index (χ4v) is 2.18. The highest BCUT2D eigenvalue weighted by Gasteiger charge is 2.20. The van der Waals surface area contributed by atoms with Gasteiger partial charge in [0.1, 0.15) is 5.82 Å². The van der Waals surface area contributed by atoms with E-state index >= 15 is 0 Å². The van der Waals surface area contributed by atoms with Gasteiger partial charge in [-0.3, -0.25) is 4.79 Å². The summed E-state index contributed by atoms with van der Waals surface area (Å²) in [6.07, 6.45) is 1.25. The number of para-hydroxylation sites is 1. The van der Waals surface area contributed by atoms with E-state index in [4.69, 9.17) is 5.73 Å². The first kappa shape index (κ1) is 15.2. The average Bonchev–Trinajstić information content (AvgIpc) is 2.52. The molecule has 0 radical (unpaired) electrons. The van der Waals surface area contributed by atoms with Crippen LogP contribution in [0.15, 0.2) is 54.6 Å². The monoisotopic (exact) mass is 286 g/mol. The van der Waals surface area contributed by atoms with Crippen molar-refractivity contribution < 1.29 is 9.18 Å². The maximum atomic E-state index is 13.7. The molecule has 0 aliphatic carbocycles. The number of halogens is 1. The molecule has 0 saturated carbocycles. The number of nitrogens with two attached hydrogens (primary N) is 1. The van der Waals surface area contributed by atoms with E-state index in [1.54, 1.807) is 25.2 Å². The SMILES string of the molecule is CN(C(=O)C(N)CCc1ccccc1)c1ccccc1F. The zero-order valence-corrected chi connectivity index (χ0v) is 12.0. The van der Waals surface area contributed by atoms with E-state index in [-0.39, 0.29) is 11.6 Å². The van der Waals surface area contributed by atoms with Gasteiger partial charge in [0.25, 0.3) is 0 Å². The van der Waals surface area contributed by atoms with Crippen molar-refractivity contribution in [2.75, 3.05) is 11.9 Å². The Bertz CT molecular complexity index is 601. The van der Waals surface area contributed by atoms with Gasteiger partial charge in [-0.15, -0.1) is 0 Å². The Morgan fingerprint density at radius 3 is 2.43 bits per heavy atom. The molecular formula is C17H19FN2O. The first-order valence-corrected chi connectivity index (χ1v) is 6.91. The van der Waals surface area contributed by atoms with Crippen LogP contribution < -0.4 is 10.6 Å². The summed E-state index contributed by atoms with van der Waals surface area (Å²) in [5.74, 6) is -0.709. The van der Waals surface area contributed by atoms with Gasteiger partial charge in [-0.1, -0.05) is 42.5 Å². The van der Waals surface area contributed by atoms with Crippen LogP contribution in [0.3, 0.4) is 0 Å². The molecule has 0 fully saturated rings.